The second kappa shape index (κ2) is 11.5. The fraction of sp³-hybridized carbons (Fsp3) is 0.423. The van der Waals surface area contributed by atoms with Crippen molar-refractivity contribution in [3.05, 3.63) is 70.5 Å². The smallest absolute Gasteiger partial charge is 0.334 e. The monoisotopic (exact) mass is 589 g/mol. The highest BCUT2D eigenvalue weighted by atomic mass is 19.4. The standard InChI is InChI=1S/C26H26F7N5O3/c27-19-3-1-15(2-4-19)13-36-14-21-37(8-6-22(39)38(21)20(5-7-34)23(36)40)24(41)35-12-16-9-17(25(28,29)30)11-18(10-16)26(31,32)33/h1-4,9-11,20-21H,5-8,12-14,34H2,(H,35,41)/t20-,21+/m0/s1. The molecule has 2 atom stereocenters. The van der Waals surface area contributed by atoms with Crippen LogP contribution in [-0.2, 0) is 35.0 Å². The molecule has 0 radical (unpaired) electrons. The van der Waals surface area contributed by atoms with Gasteiger partial charge in [0.2, 0.25) is 11.8 Å². The maximum Gasteiger partial charge on any atom is 0.416 e. The van der Waals surface area contributed by atoms with Crippen LogP contribution in [0.1, 0.15) is 35.1 Å². The molecular weight excluding hydrogens is 563 g/mol. The summed E-state index contributed by atoms with van der Waals surface area (Å²) < 4.78 is 92.8. The number of carbonyl (C=O) groups excluding carboxylic acids is 3. The molecule has 2 heterocycles. The molecule has 0 aliphatic carbocycles. The largest absolute Gasteiger partial charge is 0.416 e. The molecule has 0 saturated carbocycles. The summed E-state index contributed by atoms with van der Waals surface area (Å²) in [6.07, 6.45) is -11.1. The van der Waals surface area contributed by atoms with Gasteiger partial charge in [-0.3, -0.25) is 9.59 Å². The summed E-state index contributed by atoms with van der Waals surface area (Å²) in [7, 11) is 0. The van der Waals surface area contributed by atoms with Crippen molar-refractivity contribution in [3.63, 3.8) is 0 Å². The Morgan fingerprint density at radius 1 is 0.951 bits per heavy atom. The fourth-order valence-corrected chi connectivity index (χ4v) is 5.01. The van der Waals surface area contributed by atoms with Crippen molar-refractivity contribution in [3.8, 4) is 0 Å². The number of fused-ring (bicyclic) bond motifs is 1. The molecule has 2 aromatic rings. The number of urea groups is 1. The van der Waals surface area contributed by atoms with Crippen LogP contribution in [0.2, 0.25) is 0 Å². The molecule has 4 rings (SSSR count). The normalized spacial score (nSPS) is 19.9. The Bertz CT molecular complexity index is 1270. The maximum atomic E-state index is 13.4. The number of nitrogens with one attached hydrogen (secondary N) is 1. The average molecular weight is 590 g/mol. The van der Waals surface area contributed by atoms with Crippen LogP contribution in [0.15, 0.2) is 42.5 Å². The lowest BCUT2D eigenvalue weighted by molar-refractivity contribution is -0.167. The highest BCUT2D eigenvalue weighted by Crippen LogP contribution is 2.36. The summed E-state index contributed by atoms with van der Waals surface area (Å²) in [4.78, 5) is 43.3. The molecule has 222 valence electrons. The Hall–Kier alpha value is -3.88. The Labute approximate surface area is 229 Å². The van der Waals surface area contributed by atoms with Crippen molar-refractivity contribution in [2.24, 2.45) is 5.73 Å². The van der Waals surface area contributed by atoms with Gasteiger partial charge in [0, 0.05) is 26.1 Å². The minimum absolute atomic E-state index is 0.00816. The van der Waals surface area contributed by atoms with Gasteiger partial charge in [-0.05, 0) is 54.4 Å². The summed E-state index contributed by atoms with van der Waals surface area (Å²) >= 11 is 0. The maximum absolute atomic E-state index is 13.4. The topological polar surface area (TPSA) is 99.0 Å². The van der Waals surface area contributed by atoms with Crippen LogP contribution < -0.4 is 11.1 Å². The van der Waals surface area contributed by atoms with E-state index in [1.165, 1.54) is 39.0 Å². The molecule has 2 saturated heterocycles. The number of amides is 4. The fourth-order valence-electron chi connectivity index (χ4n) is 5.01. The van der Waals surface area contributed by atoms with E-state index in [1.807, 2.05) is 0 Å². The van der Waals surface area contributed by atoms with Gasteiger partial charge in [-0.25, -0.2) is 9.18 Å². The Balaban J connectivity index is 1.57. The van der Waals surface area contributed by atoms with Gasteiger partial charge in [-0.2, -0.15) is 26.3 Å². The summed E-state index contributed by atoms with van der Waals surface area (Å²) in [6, 6.07) is 4.57. The number of halogens is 7. The van der Waals surface area contributed by atoms with Gasteiger partial charge in [0.05, 0.1) is 17.7 Å². The first-order chi connectivity index (χ1) is 19.2. The molecule has 3 N–H and O–H groups in total. The van der Waals surface area contributed by atoms with Crippen LogP contribution in [0.25, 0.3) is 0 Å². The third kappa shape index (κ3) is 6.72. The Morgan fingerprint density at radius 3 is 2.12 bits per heavy atom. The molecule has 2 aliphatic heterocycles. The summed E-state index contributed by atoms with van der Waals surface area (Å²) in [5, 5.41) is 2.35. The first kappa shape index (κ1) is 30.1. The van der Waals surface area contributed by atoms with E-state index in [4.69, 9.17) is 5.73 Å². The van der Waals surface area contributed by atoms with E-state index in [0.717, 1.165) is 0 Å². The Morgan fingerprint density at radius 2 is 1.56 bits per heavy atom. The van der Waals surface area contributed by atoms with Crippen LogP contribution >= 0.6 is 0 Å². The molecule has 2 fully saturated rings. The quantitative estimate of drug-likeness (QED) is 0.503. The van der Waals surface area contributed by atoms with Gasteiger partial charge in [0.1, 0.15) is 18.0 Å². The average Bonchev–Trinajstić information content (AvgIpc) is 2.90. The number of carbonyl (C=O) groups is 3. The number of nitrogens with zero attached hydrogens (tertiary/aromatic N) is 3. The van der Waals surface area contributed by atoms with Crippen LogP contribution in [-0.4, -0.2) is 64.4 Å². The predicted molar refractivity (Wildman–Crippen MR) is 130 cm³/mol. The highest BCUT2D eigenvalue weighted by Gasteiger charge is 2.48. The zero-order valence-corrected chi connectivity index (χ0v) is 21.4. The second-order valence-electron chi connectivity index (χ2n) is 9.74. The first-order valence-corrected chi connectivity index (χ1v) is 12.6. The summed E-state index contributed by atoms with van der Waals surface area (Å²) in [5.41, 5.74) is 2.82. The predicted octanol–water partition coefficient (Wildman–Crippen LogP) is 3.69. The molecule has 8 nitrogen and oxygen atoms in total. The van der Waals surface area contributed by atoms with Crippen molar-refractivity contribution in [1.82, 2.24) is 20.0 Å². The van der Waals surface area contributed by atoms with Crippen molar-refractivity contribution >= 4 is 17.8 Å². The number of hydrogen-bond acceptors (Lipinski definition) is 4. The lowest BCUT2D eigenvalue weighted by Gasteiger charge is -2.52. The van der Waals surface area contributed by atoms with Gasteiger partial charge in [-0.1, -0.05) is 12.1 Å². The van der Waals surface area contributed by atoms with Crippen LogP contribution in [0.3, 0.4) is 0 Å². The van der Waals surface area contributed by atoms with Gasteiger partial charge < -0.3 is 25.8 Å². The minimum atomic E-state index is -5.05. The number of hydrogen-bond donors (Lipinski definition) is 2. The Kier molecular flexibility index (Phi) is 8.47. The highest BCUT2D eigenvalue weighted by molar-refractivity contribution is 5.91. The summed E-state index contributed by atoms with van der Waals surface area (Å²) in [6.45, 7) is -0.805. The molecule has 0 aromatic heterocycles. The lowest BCUT2D eigenvalue weighted by atomic mass is 10.0. The van der Waals surface area contributed by atoms with E-state index in [0.29, 0.717) is 17.7 Å². The molecular formula is C26H26F7N5O3. The SMILES string of the molecule is NCC[C@H]1C(=O)N(Cc2ccc(F)cc2)C[C@@H]2N(C(=O)NCc3cc(C(F)(F)F)cc(C(F)(F)F)c3)CCC(=O)N21. The molecule has 0 unspecified atom stereocenters. The molecule has 15 heteroatoms. The number of piperazine rings is 1. The molecule has 2 aliphatic rings. The van der Waals surface area contributed by atoms with E-state index < -0.39 is 71.5 Å². The summed E-state index contributed by atoms with van der Waals surface area (Å²) in [5.74, 6) is -1.30. The van der Waals surface area contributed by atoms with Gasteiger partial charge in [0.15, 0.2) is 0 Å². The first-order valence-electron chi connectivity index (χ1n) is 12.6. The van der Waals surface area contributed by atoms with Crippen LogP contribution in [0.5, 0.6) is 0 Å². The third-order valence-electron chi connectivity index (χ3n) is 6.93. The van der Waals surface area contributed by atoms with Crippen molar-refractivity contribution < 1.29 is 45.1 Å². The molecule has 2 aromatic carbocycles. The van der Waals surface area contributed by atoms with Gasteiger partial charge in [-0.15, -0.1) is 0 Å². The number of benzene rings is 2. The third-order valence-corrected chi connectivity index (χ3v) is 6.93. The van der Waals surface area contributed by atoms with Gasteiger partial charge >= 0.3 is 18.4 Å². The second-order valence-corrected chi connectivity index (χ2v) is 9.74. The van der Waals surface area contributed by atoms with Crippen molar-refractivity contribution in [1.29, 1.82) is 0 Å². The number of rotatable bonds is 6. The van der Waals surface area contributed by atoms with Crippen molar-refractivity contribution in [2.75, 3.05) is 19.6 Å². The van der Waals surface area contributed by atoms with E-state index in [2.05, 4.69) is 5.32 Å². The molecule has 41 heavy (non-hydrogen) atoms. The minimum Gasteiger partial charge on any atom is -0.334 e. The molecule has 4 amide bonds. The van der Waals surface area contributed by atoms with Crippen LogP contribution in [0.4, 0.5) is 35.5 Å². The van der Waals surface area contributed by atoms with Crippen molar-refractivity contribution in [2.45, 2.75) is 50.5 Å². The van der Waals surface area contributed by atoms with E-state index in [9.17, 15) is 45.1 Å². The zero-order valence-electron chi connectivity index (χ0n) is 21.4. The molecule has 0 bridgehead atoms. The number of alkyl halides is 6. The van der Waals surface area contributed by atoms with Gasteiger partial charge in [0.25, 0.3) is 0 Å². The zero-order chi connectivity index (χ0) is 30.1. The van der Waals surface area contributed by atoms with E-state index >= 15 is 0 Å². The van der Waals surface area contributed by atoms with Crippen LogP contribution in [0, 0.1) is 5.82 Å². The number of nitrogens with two attached hydrogens (primary N) is 1. The van der Waals surface area contributed by atoms with E-state index in [1.54, 1.807) is 0 Å². The molecule has 0 spiro atoms. The van der Waals surface area contributed by atoms with E-state index in [-0.39, 0.29) is 45.1 Å². The lowest BCUT2D eigenvalue weighted by Crippen LogP contribution is -2.72.